The molecule has 3 aromatic rings. The average Bonchev–Trinajstić information content (AvgIpc) is 2.72. The summed E-state index contributed by atoms with van der Waals surface area (Å²) in [5.41, 5.74) is 2.32. The molecule has 0 aliphatic rings. The van der Waals surface area contributed by atoms with Gasteiger partial charge >= 0.3 is 0 Å². The predicted octanol–water partition coefficient (Wildman–Crippen LogP) is 5.09. The summed E-state index contributed by atoms with van der Waals surface area (Å²) in [5, 5.41) is 12.4. The molecule has 0 aliphatic heterocycles. The van der Waals surface area contributed by atoms with Gasteiger partial charge in [0.15, 0.2) is 0 Å². The number of aromatic nitrogens is 1. The van der Waals surface area contributed by atoms with Gasteiger partial charge in [0.25, 0.3) is 0 Å². The first-order valence-corrected chi connectivity index (χ1v) is 8.24. The molecule has 0 radical (unpaired) electrons. The van der Waals surface area contributed by atoms with Crippen molar-refractivity contribution in [3.63, 3.8) is 0 Å². The summed E-state index contributed by atoms with van der Waals surface area (Å²) < 4.78 is 4.35. The summed E-state index contributed by atoms with van der Waals surface area (Å²) in [6.45, 7) is 2.63. The number of benzene rings is 2. The summed E-state index contributed by atoms with van der Waals surface area (Å²) >= 11 is 7.08. The van der Waals surface area contributed by atoms with E-state index >= 15 is 0 Å². The van der Waals surface area contributed by atoms with Crippen LogP contribution in [0.4, 0.5) is 0 Å². The zero-order valence-corrected chi connectivity index (χ0v) is 14.3. The van der Waals surface area contributed by atoms with E-state index in [4.69, 9.17) is 0 Å². The molecule has 3 rings (SSSR count). The Balaban J connectivity index is 2.34. The van der Waals surface area contributed by atoms with Crippen molar-refractivity contribution in [3.05, 3.63) is 45.3 Å². The molecule has 1 aromatic heterocycles. The van der Waals surface area contributed by atoms with Crippen LogP contribution in [0.1, 0.15) is 13.3 Å². The normalized spacial score (nSPS) is 13.2. The molecular weight excluding hydrogens is 382 g/mol. The third-order valence-corrected chi connectivity index (χ3v) is 4.64. The number of aliphatic hydroxyl groups excluding tert-OH is 1. The van der Waals surface area contributed by atoms with Crippen molar-refractivity contribution in [2.75, 3.05) is 0 Å². The molecule has 0 bridgehead atoms. The summed E-state index contributed by atoms with van der Waals surface area (Å²) in [5.74, 6) is 0. The zero-order chi connectivity index (χ0) is 14.3. The lowest BCUT2D eigenvalue weighted by atomic mass is 10.2. The van der Waals surface area contributed by atoms with Crippen LogP contribution in [-0.2, 0) is 6.54 Å². The van der Waals surface area contributed by atoms with Gasteiger partial charge in [-0.3, -0.25) is 0 Å². The van der Waals surface area contributed by atoms with Crippen molar-refractivity contribution in [1.82, 2.24) is 4.57 Å². The Kier molecular flexibility index (Phi) is 3.89. The highest BCUT2D eigenvalue weighted by Crippen LogP contribution is 2.33. The standard InChI is InChI=1S/C16H15Br2NO/c1-2-12(20)9-19-15-5-3-10(17)7-13(15)14-8-11(18)4-6-16(14)19/h3-8,12,20H,2,9H2,1H3. The van der Waals surface area contributed by atoms with E-state index in [1.165, 1.54) is 10.8 Å². The van der Waals surface area contributed by atoms with Crippen LogP contribution < -0.4 is 0 Å². The third kappa shape index (κ3) is 2.41. The number of fused-ring (bicyclic) bond motifs is 3. The maximum atomic E-state index is 10.0. The summed E-state index contributed by atoms with van der Waals surface area (Å²) in [6.07, 6.45) is 0.440. The smallest absolute Gasteiger partial charge is 0.0716 e. The zero-order valence-electron chi connectivity index (χ0n) is 11.1. The van der Waals surface area contributed by atoms with Gasteiger partial charge in [0, 0.05) is 37.3 Å². The molecule has 4 heteroatoms. The van der Waals surface area contributed by atoms with Crippen molar-refractivity contribution >= 4 is 53.7 Å². The van der Waals surface area contributed by atoms with Crippen LogP contribution in [0.25, 0.3) is 21.8 Å². The minimum absolute atomic E-state index is 0.318. The minimum Gasteiger partial charge on any atom is -0.391 e. The van der Waals surface area contributed by atoms with Crippen LogP contribution in [-0.4, -0.2) is 15.8 Å². The molecule has 1 heterocycles. The first-order chi connectivity index (χ1) is 9.60. The second-order valence-electron chi connectivity index (χ2n) is 5.00. The average molecular weight is 397 g/mol. The van der Waals surface area contributed by atoms with E-state index in [-0.39, 0.29) is 6.10 Å². The first-order valence-electron chi connectivity index (χ1n) is 6.65. The van der Waals surface area contributed by atoms with Crippen LogP contribution in [0.3, 0.4) is 0 Å². The van der Waals surface area contributed by atoms with E-state index in [1.807, 2.05) is 19.1 Å². The van der Waals surface area contributed by atoms with E-state index in [0.717, 1.165) is 26.4 Å². The van der Waals surface area contributed by atoms with Gasteiger partial charge in [0.1, 0.15) is 0 Å². The fourth-order valence-corrected chi connectivity index (χ4v) is 3.31. The van der Waals surface area contributed by atoms with Crippen LogP contribution >= 0.6 is 31.9 Å². The highest BCUT2D eigenvalue weighted by molar-refractivity contribution is 9.10. The lowest BCUT2D eigenvalue weighted by Gasteiger charge is -2.12. The van der Waals surface area contributed by atoms with Crippen LogP contribution in [0.5, 0.6) is 0 Å². The molecule has 20 heavy (non-hydrogen) atoms. The molecule has 0 aliphatic carbocycles. The van der Waals surface area contributed by atoms with Crippen molar-refractivity contribution in [2.24, 2.45) is 0 Å². The molecule has 1 atom stereocenters. The van der Waals surface area contributed by atoms with Gasteiger partial charge in [0.05, 0.1) is 6.10 Å². The van der Waals surface area contributed by atoms with Crippen LogP contribution in [0.15, 0.2) is 45.3 Å². The Hall–Kier alpha value is -0.840. The second-order valence-corrected chi connectivity index (χ2v) is 6.83. The van der Waals surface area contributed by atoms with E-state index in [2.05, 4.69) is 60.7 Å². The molecule has 1 unspecified atom stereocenters. The molecular formula is C16H15Br2NO. The molecule has 0 fully saturated rings. The largest absolute Gasteiger partial charge is 0.391 e. The topological polar surface area (TPSA) is 25.2 Å². The second kappa shape index (κ2) is 5.51. The number of hydrogen-bond acceptors (Lipinski definition) is 1. The minimum atomic E-state index is -0.318. The van der Waals surface area contributed by atoms with E-state index in [9.17, 15) is 5.11 Å². The maximum Gasteiger partial charge on any atom is 0.0716 e. The number of nitrogens with zero attached hydrogens (tertiary/aromatic N) is 1. The predicted molar refractivity (Wildman–Crippen MR) is 91.1 cm³/mol. The van der Waals surface area contributed by atoms with E-state index in [0.29, 0.717) is 6.54 Å². The van der Waals surface area contributed by atoms with Crippen molar-refractivity contribution < 1.29 is 5.11 Å². The molecule has 2 nitrogen and oxygen atoms in total. The highest BCUT2D eigenvalue weighted by Gasteiger charge is 2.13. The Morgan fingerprint density at radius 1 is 1.00 bits per heavy atom. The summed E-state index contributed by atoms with van der Waals surface area (Å²) in [7, 11) is 0. The van der Waals surface area contributed by atoms with Gasteiger partial charge in [-0.2, -0.15) is 0 Å². The first kappa shape index (κ1) is 14.1. The maximum absolute atomic E-state index is 10.0. The van der Waals surface area contributed by atoms with E-state index in [1.54, 1.807) is 0 Å². The van der Waals surface area contributed by atoms with Crippen molar-refractivity contribution in [1.29, 1.82) is 0 Å². The fourth-order valence-electron chi connectivity index (χ4n) is 2.59. The van der Waals surface area contributed by atoms with Gasteiger partial charge < -0.3 is 9.67 Å². The molecule has 0 saturated heterocycles. The monoisotopic (exact) mass is 395 g/mol. The van der Waals surface area contributed by atoms with Crippen LogP contribution in [0, 0.1) is 0 Å². The SMILES string of the molecule is CCC(O)Cn1c2ccc(Br)cc2c2cc(Br)ccc21. The molecule has 2 aromatic carbocycles. The van der Waals surface area contributed by atoms with Gasteiger partial charge in [-0.05, 0) is 42.8 Å². The molecule has 1 N–H and O–H groups in total. The Bertz CT molecular complexity index is 720. The fraction of sp³-hybridized carbons (Fsp3) is 0.250. The Labute approximate surface area is 134 Å². The van der Waals surface area contributed by atoms with Gasteiger partial charge in [0.2, 0.25) is 0 Å². The molecule has 104 valence electrons. The lowest BCUT2D eigenvalue weighted by molar-refractivity contribution is 0.153. The molecule has 0 amide bonds. The van der Waals surface area contributed by atoms with Crippen molar-refractivity contribution in [2.45, 2.75) is 26.0 Å². The van der Waals surface area contributed by atoms with Crippen molar-refractivity contribution in [3.8, 4) is 0 Å². The number of hydrogen-bond donors (Lipinski definition) is 1. The lowest BCUT2D eigenvalue weighted by Crippen LogP contribution is -2.14. The number of aliphatic hydroxyl groups is 1. The Morgan fingerprint density at radius 2 is 1.50 bits per heavy atom. The number of halogens is 2. The summed E-state index contributed by atoms with van der Waals surface area (Å²) in [4.78, 5) is 0. The Morgan fingerprint density at radius 3 is 1.95 bits per heavy atom. The third-order valence-electron chi connectivity index (χ3n) is 3.65. The van der Waals surface area contributed by atoms with Gasteiger partial charge in [-0.1, -0.05) is 38.8 Å². The summed E-state index contributed by atoms with van der Waals surface area (Å²) in [6, 6.07) is 12.6. The molecule has 0 saturated carbocycles. The van der Waals surface area contributed by atoms with Crippen LogP contribution in [0.2, 0.25) is 0 Å². The quantitative estimate of drug-likeness (QED) is 0.655. The van der Waals surface area contributed by atoms with Gasteiger partial charge in [-0.25, -0.2) is 0 Å². The van der Waals surface area contributed by atoms with Gasteiger partial charge in [-0.15, -0.1) is 0 Å². The molecule has 0 spiro atoms. The highest BCUT2D eigenvalue weighted by atomic mass is 79.9. The van der Waals surface area contributed by atoms with E-state index < -0.39 is 0 Å². The number of rotatable bonds is 3.